The second-order valence-corrected chi connectivity index (χ2v) is 5.23. The fraction of sp³-hybridized carbons (Fsp3) is 0.0714. The first-order valence-corrected chi connectivity index (χ1v) is 6.56. The molecule has 0 aliphatic carbocycles. The highest BCUT2D eigenvalue weighted by Crippen LogP contribution is 2.24. The fourth-order valence-electron chi connectivity index (χ4n) is 1.61. The van der Waals surface area contributed by atoms with E-state index in [1.807, 2.05) is 0 Å². The number of carbonyl (C=O) groups is 1. The molecule has 0 atom stereocenters. The summed E-state index contributed by atoms with van der Waals surface area (Å²) in [7, 11) is 0. The van der Waals surface area contributed by atoms with E-state index >= 15 is 0 Å². The molecule has 0 spiro atoms. The molecule has 0 aliphatic heterocycles. The largest absolute Gasteiger partial charge is 0.294 e. The third-order valence-electron chi connectivity index (χ3n) is 2.61. The Morgan fingerprint density at radius 3 is 2.53 bits per heavy atom. The summed E-state index contributed by atoms with van der Waals surface area (Å²) >= 11 is 9.11. The topological polar surface area (TPSA) is 17.1 Å². The summed E-state index contributed by atoms with van der Waals surface area (Å²) in [5, 5.41) is 0.408. The van der Waals surface area contributed by atoms with Crippen LogP contribution in [0.1, 0.15) is 15.9 Å². The predicted octanol–water partition coefficient (Wildman–Crippen LogP) is 4.81. The van der Waals surface area contributed by atoms with E-state index < -0.39 is 11.6 Å². The summed E-state index contributed by atoms with van der Waals surface area (Å²) in [4.78, 5) is 12.0. The number of halogens is 4. The van der Waals surface area contributed by atoms with E-state index in [1.165, 1.54) is 12.1 Å². The number of rotatable bonds is 3. The molecule has 19 heavy (non-hydrogen) atoms. The lowest BCUT2D eigenvalue weighted by Gasteiger charge is -2.04. The van der Waals surface area contributed by atoms with Gasteiger partial charge in [0.2, 0.25) is 0 Å². The number of hydrogen-bond acceptors (Lipinski definition) is 1. The molecule has 0 fully saturated rings. The number of hydrogen-bond donors (Lipinski definition) is 0. The summed E-state index contributed by atoms with van der Waals surface area (Å²) < 4.78 is 26.9. The van der Waals surface area contributed by atoms with E-state index in [2.05, 4.69) is 15.9 Å². The molecule has 0 aromatic heterocycles. The van der Waals surface area contributed by atoms with Crippen molar-refractivity contribution in [1.82, 2.24) is 0 Å². The van der Waals surface area contributed by atoms with Crippen LogP contribution in [0.3, 0.4) is 0 Å². The van der Waals surface area contributed by atoms with Crippen LogP contribution < -0.4 is 0 Å². The Bertz CT molecular complexity index is 643. The molecule has 0 aliphatic rings. The molecule has 0 amide bonds. The second-order valence-electron chi connectivity index (χ2n) is 3.96. The van der Waals surface area contributed by atoms with E-state index in [-0.39, 0.29) is 17.8 Å². The summed E-state index contributed by atoms with van der Waals surface area (Å²) in [6.45, 7) is 0. The zero-order valence-electron chi connectivity index (χ0n) is 9.59. The van der Waals surface area contributed by atoms with Crippen molar-refractivity contribution in [3.63, 3.8) is 0 Å². The van der Waals surface area contributed by atoms with Crippen LogP contribution in [-0.4, -0.2) is 5.78 Å². The van der Waals surface area contributed by atoms with Crippen LogP contribution in [0.5, 0.6) is 0 Å². The van der Waals surface area contributed by atoms with Crippen molar-refractivity contribution in [3.8, 4) is 0 Å². The number of carbonyl (C=O) groups excluding carboxylic acids is 1. The van der Waals surface area contributed by atoms with E-state index in [4.69, 9.17) is 11.6 Å². The normalized spacial score (nSPS) is 10.5. The Morgan fingerprint density at radius 2 is 1.89 bits per heavy atom. The fourth-order valence-corrected chi connectivity index (χ4v) is 2.04. The molecule has 0 N–H and O–H groups in total. The summed E-state index contributed by atoms with van der Waals surface area (Å²) in [6.07, 6.45) is -0.135. The number of benzene rings is 2. The molecule has 0 heterocycles. The predicted molar refractivity (Wildman–Crippen MR) is 73.5 cm³/mol. The maximum Gasteiger partial charge on any atom is 0.167 e. The highest BCUT2D eigenvalue weighted by Gasteiger charge is 2.12. The van der Waals surface area contributed by atoms with Crippen molar-refractivity contribution >= 4 is 33.3 Å². The Kier molecular flexibility index (Phi) is 4.32. The van der Waals surface area contributed by atoms with Crippen LogP contribution in [0.15, 0.2) is 40.9 Å². The molecule has 2 aromatic rings. The van der Waals surface area contributed by atoms with Gasteiger partial charge in [-0.25, -0.2) is 8.78 Å². The zero-order chi connectivity index (χ0) is 14.0. The number of ketones is 1. The van der Waals surface area contributed by atoms with Gasteiger partial charge in [0.25, 0.3) is 0 Å². The van der Waals surface area contributed by atoms with Gasteiger partial charge in [0, 0.05) is 22.5 Å². The van der Waals surface area contributed by atoms with Crippen LogP contribution in [0.25, 0.3) is 0 Å². The van der Waals surface area contributed by atoms with E-state index in [1.54, 1.807) is 12.1 Å². The van der Waals surface area contributed by atoms with Crippen LogP contribution in [0, 0.1) is 11.6 Å². The van der Waals surface area contributed by atoms with Crippen molar-refractivity contribution < 1.29 is 13.6 Å². The lowest BCUT2D eigenvalue weighted by Crippen LogP contribution is -2.05. The molecule has 98 valence electrons. The summed E-state index contributed by atoms with van der Waals surface area (Å²) in [5.74, 6) is -1.67. The van der Waals surface area contributed by atoms with Gasteiger partial charge in [0.05, 0.1) is 5.02 Å². The maximum atomic E-state index is 13.4. The van der Waals surface area contributed by atoms with Gasteiger partial charge in [-0.3, -0.25) is 4.79 Å². The quantitative estimate of drug-likeness (QED) is 0.730. The lowest BCUT2D eigenvalue weighted by molar-refractivity contribution is 0.0991. The molecule has 1 nitrogen and oxygen atoms in total. The van der Waals surface area contributed by atoms with Crippen molar-refractivity contribution in [3.05, 3.63) is 68.7 Å². The van der Waals surface area contributed by atoms with Crippen molar-refractivity contribution in [2.75, 3.05) is 0 Å². The maximum absolute atomic E-state index is 13.4. The van der Waals surface area contributed by atoms with E-state index in [0.29, 0.717) is 15.1 Å². The summed E-state index contributed by atoms with van der Waals surface area (Å²) in [5.41, 5.74) is 0.544. The first-order valence-electron chi connectivity index (χ1n) is 5.39. The third-order valence-corrected chi connectivity index (χ3v) is 3.84. The van der Waals surface area contributed by atoms with Gasteiger partial charge in [0.1, 0.15) is 11.6 Å². The first-order chi connectivity index (χ1) is 8.97. The van der Waals surface area contributed by atoms with Crippen molar-refractivity contribution in [2.45, 2.75) is 6.42 Å². The Morgan fingerprint density at radius 1 is 1.16 bits per heavy atom. The van der Waals surface area contributed by atoms with Gasteiger partial charge in [-0.05, 0) is 39.7 Å². The van der Waals surface area contributed by atoms with Gasteiger partial charge >= 0.3 is 0 Å². The van der Waals surface area contributed by atoms with Crippen molar-refractivity contribution in [2.24, 2.45) is 0 Å². The minimum atomic E-state index is -0.725. The molecule has 5 heteroatoms. The molecule has 0 radical (unpaired) electrons. The van der Waals surface area contributed by atoms with Gasteiger partial charge < -0.3 is 0 Å². The van der Waals surface area contributed by atoms with Gasteiger partial charge in [0.15, 0.2) is 5.78 Å². The minimum absolute atomic E-state index is 0.135. The van der Waals surface area contributed by atoms with Crippen molar-refractivity contribution in [1.29, 1.82) is 0 Å². The summed E-state index contributed by atoms with van der Waals surface area (Å²) in [6, 6.07) is 7.91. The smallest absolute Gasteiger partial charge is 0.167 e. The highest BCUT2D eigenvalue weighted by molar-refractivity contribution is 9.10. The molecule has 0 bridgehead atoms. The van der Waals surface area contributed by atoms with E-state index in [0.717, 1.165) is 12.1 Å². The van der Waals surface area contributed by atoms with Crippen LogP contribution in [0.4, 0.5) is 8.78 Å². The average molecular weight is 346 g/mol. The zero-order valence-corrected chi connectivity index (χ0v) is 11.9. The van der Waals surface area contributed by atoms with E-state index in [9.17, 15) is 13.6 Å². The Balaban J connectivity index is 2.23. The first kappa shape index (κ1) is 14.2. The Labute approximate surface area is 122 Å². The van der Waals surface area contributed by atoms with Gasteiger partial charge in [-0.1, -0.05) is 23.7 Å². The molecule has 2 rings (SSSR count). The SMILES string of the molecule is O=C(Cc1ccc(F)cc1F)c1ccc(Br)c(Cl)c1. The molecule has 2 aromatic carbocycles. The Hall–Kier alpha value is -1.26. The third kappa shape index (κ3) is 3.39. The molecule has 0 saturated heterocycles. The highest BCUT2D eigenvalue weighted by atomic mass is 79.9. The average Bonchev–Trinajstić information content (AvgIpc) is 2.36. The lowest BCUT2D eigenvalue weighted by atomic mass is 10.0. The monoisotopic (exact) mass is 344 g/mol. The number of Topliss-reactive ketones (excluding diaryl/α,β-unsaturated/α-hetero) is 1. The molecular formula is C14H8BrClF2O. The standard InChI is InChI=1S/C14H8BrClF2O/c15-11-4-2-9(5-12(11)16)14(19)6-8-1-3-10(17)7-13(8)18/h1-5,7H,6H2. The van der Waals surface area contributed by atoms with Crippen LogP contribution >= 0.6 is 27.5 Å². The molecule has 0 unspecified atom stereocenters. The van der Waals surface area contributed by atoms with Gasteiger partial charge in [-0.2, -0.15) is 0 Å². The van der Waals surface area contributed by atoms with Crippen LogP contribution in [0.2, 0.25) is 5.02 Å². The van der Waals surface area contributed by atoms with Crippen LogP contribution in [-0.2, 0) is 6.42 Å². The molecular weight excluding hydrogens is 338 g/mol. The minimum Gasteiger partial charge on any atom is -0.294 e. The molecule has 0 saturated carbocycles. The second kappa shape index (κ2) is 5.80. The van der Waals surface area contributed by atoms with Gasteiger partial charge in [-0.15, -0.1) is 0 Å².